The number of aromatic nitrogens is 1. The van der Waals surface area contributed by atoms with Crippen LogP contribution in [0.3, 0.4) is 0 Å². The van der Waals surface area contributed by atoms with Gasteiger partial charge < -0.3 is 9.84 Å². The Kier molecular flexibility index (Phi) is 7.52. The van der Waals surface area contributed by atoms with Crippen molar-refractivity contribution < 1.29 is 17.7 Å². The van der Waals surface area contributed by atoms with E-state index in [0.29, 0.717) is 25.1 Å². The second-order valence-electron chi connectivity index (χ2n) is 9.09. The van der Waals surface area contributed by atoms with Crippen LogP contribution in [-0.2, 0) is 21.4 Å². The zero-order valence-corrected chi connectivity index (χ0v) is 21.1. The molecule has 3 aromatic rings. The third-order valence-corrected chi connectivity index (χ3v) is 8.41. The molecule has 1 amide bonds. The molecule has 0 atom stereocenters. The lowest BCUT2D eigenvalue weighted by Crippen LogP contribution is -2.43. The second kappa shape index (κ2) is 10.6. The number of hydrogen-bond acceptors (Lipinski definition) is 5. The maximum atomic E-state index is 13.5. The molecule has 0 aliphatic carbocycles. The summed E-state index contributed by atoms with van der Waals surface area (Å²) in [6.45, 7) is 6.68. The molecule has 1 aromatic heterocycles. The Labute approximate surface area is 206 Å². The first-order chi connectivity index (χ1) is 16.7. The molecule has 1 fully saturated rings. The fourth-order valence-electron chi connectivity index (χ4n) is 4.18. The van der Waals surface area contributed by atoms with Gasteiger partial charge in [-0.15, -0.1) is 0 Å². The van der Waals surface area contributed by atoms with E-state index in [2.05, 4.69) is 10.5 Å². The van der Waals surface area contributed by atoms with Crippen molar-refractivity contribution in [3.05, 3.63) is 82.2 Å². The summed E-state index contributed by atoms with van der Waals surface area (Å²) in [5, 5.41) is 6.89. The normalized spacial score (nSPS) is 15.5. The molecule has 2 heterocycles. The Morgan fingerprint density at radius 2 is 1.60 bits per heavy atom. The topological polar surface area (TPSA) is 92.5 Å². The van der Waals surface area contributed by atoms with Crippen LogP contribution in [0.1, 0.15) is 46.5 Å². The third-order valence-electron chi connectivity index (χ3n) is 6.35. The summed E-state index contributed by atoms with van der Waals surface area (Å²) in [7, 11) is -3.81. The molecule has 1 aliphatic heterocycles. The van der Waals surface area contributed by atoms with Crippen molar-refractivity contribution in [3.8, 4) is 0 Å². The molecule has 7 nitrogen and oxygen atoms in total. The maximum Gasteiger partial charge on any atom is 0.248 e. The van der Waals surface area contributed by atoms with Gasteiger partial charge in [0.1, 0.15) is 5.69 Å². The molecular weight excluding hydrogens is 462 g/mol. The molecule has 1 aliphatic rings. The quantitative estimate of drug-likeness (QED) is 0.524. The summed E-state index contributed by atoms with van der Waals surface area (Å²) in [6.07, 6.45) is 4.39. The van der Waals surface area contributed by atoms with Crippen LogP contribution in [-0.4, -0.2) is 36.9 Å². The summed E-state index contributed by atoms with van der Waals surface area (Å²) >= 11 is 0. The van der Waals surface area contributed by atoms with Gasteiger partial charge in [0.15, 0.2) is 10.7 Å². The maximum absolute atomic E-state index is 13.5. The average molecular weight is 494 g/mol. The molecule has 1 saturated heterocycles. The van der Waals surface area contributed by atoms with Crippen LogP contribution in [0.5, 0.6) is 0 Å². The van der Waals surface area contributed by atoms with Crippen molar-refractivity contribution in [3.63, 3.8) is 0 Å². The minimum atomic E-state index is -3.81. The lowest BCUT2D eigenvalue weighted by atomic mass is 9.97. The SMILES string of the molecule is Cc1ccc(C=Cc2onc(C)c2S(=O)(=O)N2CCC(C(=O)NCc3ccc(C)cc3)CC2)cc1. The number of carbonyl (C=O) groups is 1. The van der Waals surface area contributed by atoms with Crippen LogP contribution in [0.25, 0.3) is 12.2 Å². The second-order valence-corrected chi connectivity index (χ2v) is 11.0. The zero-order chi connectivity index (χ0) is 25.0. The van der Waals surface area contributed by atoms with E-state index in [0.717, 1.165) is 16.7 Å². The monoisotopic (exact) mass is 493 g/mol. The predicted octanol–water partition coefficient (Wildman–Crippen LogP) is 4.49. The fourth-order valence-corrected chi connectivity index (χ4v) is 5.89. The number of rotatable bonds is 7. The molecule has 0 radical (unpaired) electrons. The highest BCUT2D eigenvalue weighted by molar-refractivity contribution is 7.89. The first kappa shape index (κ1) is 24.9. The van der Waals surface area contributed by atoms with Gasteiger partial charge in [-0.1, -0.05) is 70.9 Å². The van der Waals surface area contributed by atoms with Gasteiger partial charge in [-0.2, -0.15) is 4.31 Å². The number of aryl methyl sites for hydroxylation is 3. The van der Waals surface area contributed by atoms with Gasteiger partial charge in [0, 0.05) is 25.6 Å². The largest absolute Gasteiger partial charge is 0.355 e. The van der Waals surface area contributed by atoms with E-state index < -0.39 is 10.0 Å². The van der Waals surface area contributed by atoms with Crippen LogP contribution < -0.4 is 5.32 Å². The van der Waals surface area contributed by atoms with E-state index in [4.69, 9.17) is 4.52 Å². The van der Waals surface area contributed by atoms with Gasteiger partial charge in [0.25, 0.3) is 0 Å². The smallest absolute Gasteiger partial charge is 0.248 e. The Balaban J connectivity index is 1.39. The molecular formula is C27H31N3O4S. The Hall–Kier alpha value is -3.23. The third kappa shape index (κ3) is 5.89. The Morgan fingerprint density at radius 1 is 1.00 bits per heavy atom. The Bertz CT molecular complexity index is 1300. The molecule has 184 valence electrons. The predicted molar refractivity (Wildman–Crippen MR) is 136 cm³/mol. The van der Waals surface area contributed by atoms with E-state index in [1.165, 1.54) is 9.87 Å². The van der Waals surface area contributed by atoms with E-state index in [1.54, 1.807) is 13.0 Å². The van der Waals surface area contributed by atoms with Crippen molar-refractivity contribution in [1.82, 2.24) is 14.8 Å². The van der Waals surface area contributed by atoms with Gasteiger partial charge >= 0.3 is 0 Å². The first-order valence-corrected chi connectivity index (χ1v) is 13.2. The number of amides is 1. The van der Waals surface area contributed by atoms with Crippen LogP contribution in [0.2, 0.25) is 0 Å². The van der Waals surface area contributed by atoms with E-state index in [1.807, 2.05) is 68.5 Å². The van der Waals surface area contributed by atoms with Crippen LogP contribution >= 0.6 is 0 Å². The van der Waals surface area contributed by atoms with Gasteiger partial charge in [-0.05, 0) is 50.8 Å². The summed E-state index contributed by atoms with van der Waals surface area (Å²) in [5.74, 6) is -0.0390. The summed E-state index contributed by atoms with van der Waals surface area (Å²) in [5.41, 5.74) is 4.62. The first-order valence-electron chi connectivity index (χ1n) is 11.8. The number of nitrogens with zero attached hydrogens (tertiary/aromatic N) is 2. The van der Waals surface area contributed by atoms with Crippen molar-refractivity contribution in [1.29, 1.82) is 0 Å². The number of hydrogen-bond donors (Lipinski definition) is 1. The number of piperidine rings is 1. The lowest BCUT2D eigenvalue weighted by molar-refractivity contribution is -0.126. The van der Waals surface area contributed by atoms with E-state index >= 15 is 0 Å². The van der Waals surface area contributed by atoms with Crippen molar-refractivity contribution in [2.24, 2.45) is 5.92 Å². The molecule has 0 unspecified atom stereocenters. The molecule has 0 spiro atoms. The van der Waals surface area contributed by atoms with Crippen LogP contribution in [0.4, 0.5) is 0 Å². The highest BCUT2D eigenvalue weighted by Crippen LogP contribution is 2.29. The molecule has 2 aromatic carbocycles. The zero-order valence-electron chi connectivity index (χ0n) is 20.3. The fraction of sp³-hybridized carbons (Fsp3) is 0.333. The van der Waals surface area contributed by atoms with Crippen molar-refractivity contribution in [2.75, 3.05) is 13.1 Å². The van der Waals surface area contributed by atoms with Crippen molar-refractivity contribution >= 4 is 28.1 Å². The number of benzene rings is 2. The molecule has 0 saturated carbocycles. The summed E-state index contributed by atoms with van der Waals surface area (Å²) in [4.78, 5) is 12.7. The molecule has 1 N–H and O–H groups in total. The van der Waals surface area contributed by atoms with Gasteiger partial charge in [0.2, 0.25) is 15.9 Å². The van der Waals surface area contributed by atoms with E-state index in [-0.39, 0.29) is 35.6 Å². The highest BCUT2D eigenvalue weighted by atomic mass is 32.2. The minimum Gasteiger partial charge on any atom is -0.355 e. The van der Waals surface area contributed by atoms with Gasteiger partial charge in [-0.25, -0.2) is 8.42 Å². The molecule has 4 rings (SSSR count). The van der Waals surface area contributed by atoms with Crippen molar-refractivity contribution in [2.45, 2.75) is 45.1 Å². The molecule has 35 heavy (non-hydrogen) atoms. The number of nitrogens with one attached hydrogen (secondary N) is 1. The number of carbonyl (C=O) groups excluding carboxylic acids is 1. The lowest BCUT2D eigenvalue weighted by Gasteiger charge is -2.30. The van der Waals surface area contributed by atoms with E-state index in [9.17, 15) is 13.2 Å². The molecule has 0 bridgehead atoms. The minimum absolute atomic E-state index is 0.0366. The summed E-state index contributed by atoms with van der Waals surface area (Å²) < 4.78 is 33.7. The molecule has 8 heteroatoms. The summed E-state index contributed by atoms with van der Waals surface area (Å²) in [6, 6.07) is 15.9. The highest BCUT2D eigenvalue weighted by Gasteiger charge is 2.35. The Morgan fingerprint density at radius 3 is 2.23 bits per heavy atom. The van der Waals surface area contributed by atoms with Crippen LogP contribution in [0, 0.1) is 26.7 Å². The number of sulfonamides is 1. The standard InChI is InChI=1S/C27H31N3O4S/c1-19-4-8-22(9-5-19)12-13-25-26(21(3)29-34-25)35(32,33)30-16-14-24(15-17-30)27(31)28-18-23-10-6-20(2)7-11-23/h4-13,24H,14-18H2,1-3H3,(H,28,31). The van der Waals surface area contributed by atoms with Gasteiger partial charge in [-0.3, -0.25) is 4.79 Å². The average Bonchev–Trinajstić information content (AvgIpc) is 3.24. The van der Waals surface area contributed by atoms with Crippen LogP contribution in [0.15, 0.2) is 57.9 Å². The van der Waals surface area contributed by atoms with Gasteiger partial charge in [0.05, 0.1) is 0 Å².